The zero-order valence-corrected chi connectivity index (χ0v) is 30.2. The van der Waals surface area contributed by atoms with E-state index in [9.17, 15) is 4.79 Å². The lowest BCUT2D eigenvalue weighted by molar-refractivity contribution is -0.173. The zero-order chi connectivity index (χ0) is 32.3. The molecule has 3 saturated heterocycles. The van der Waals surface area contributed by atoms with Crippen LogP contribution in [0.15, 0.2) is 60.7 Å². The van der Waals surface area contributed by atoms with Crippen molar-refractivity contribution in [3.8, 4) is 17.8 Å². The van der Waals surface area contributed by atoms with Crippen LogP contribution in [0.3, 0.4) is 0 Å². The minimum atomic E-state index is -0.428. The Balaban J connectivity index is 0.00000260. The molecule has 0 aliphatic carbocycles. The van der Waals surface area contributed by atoms with Crippen molar-refractivity contribution in [2.75, 3.05) is 59.7 Å². The van der Waals surface area contributed by atoms with Gasteiger partial charge in [-0.1, -0.05) is 60.7 Å². The average Bonchev–Trinajstić information content (AvgIpc) is 3.05. The molecule has 0 unspecified atom stereocenters. The first-order chi connectivity index (χ1) is 22.3. The molecule has 3 fully saturated rings. The van der Waals surface area contributed by atoms with E-state index in [2.05, 4.69) is 85.3 Å². The molecule has 262 valence electrons. The Morgan fingerprint density at radius 1 is 0.938 bits per heavy atom. The van der Waals surface area contributed by atoms with Crippen LogP contribution in [0, 0.1) is 5.41 Å². The molecule has 1 amide bonds. The van der Waals surface area contributed by atoms with Gasteiger partial charge in [-0.15, -0.1) is 24.8 Å². The van der Waals surface area contributed by atoms with Crippen molar-refractivity contribution in [1.82, 2.24) is 24.7 Å². The molecule has 6 rings (SSSR count). The number of nitrogens with zero attached hydrogens (tertiary/aromatic N) is 5. The lowest BCUT2D eigenvalue weighted by Crippen LogP contribution is -2.68. The Hall–Kier alpha value is -3.15. The third kappa shape index (κ3) is 8.00. The van der Waals surface area contributed by atoms with Gasteiger partial charge in [-0.25, -0.2) is 0 Å². The van der Waals surface area contributed by atoms with Crippen LogP contribution >= 0.6 is 24.8 Å². The number of carbonyl (C=O) groups is 1. The monoisotopic (exact) mass is 701 g/mol. The largest absolute Gasteiger partial charge is 0.481 e. The highest BCUT2D eigenvalue weighted by atomic mass is 35.5. The van der Waals surface area contributed by atoms with E-state index in [1.807, 2.05) is 27.7 Å². The maximum absolute atomic E-state index is 13.7. The summed E-state index contributed by atoms with van der Waals surface area (Å²) in [6.07, 6.45) is -0.0901. The van der Waals surface area contributed by atoms with Gasteiger partial charge >= 0.3 is 6.01 Å². The van der Waals surface area contributed by atoms with Crippen molar-refractivity contribution in [1.29, 1.82) is 0 Å². The highest BCUT2D eigenvalue weighted by Crippen LogP contribution is 2.38. The van der Waals surface area contributed by atoms with E-state index in [0.29, 0.717) is 51.2 Å². The molecule has 10 nitrogen and oxygen atoms in total. The predicted molar refractivity (Wildman–Crippen MR) is 190 cm³/mol. The van der Waals surface area contributed by atoms with Crippen LogP contribution in [-0.4, -0.2) is 108 Å². The van der Waals surface area contributed by atoms with Gasteiger partial charge in [-0.2, -0.15) is 9.97 Å². The van der Waals surface area contributed by atoms with Crippen LogP contribution in [-0.2, 0) is 16.1 Å². The molecule has 0 bridgehead atoms. The molecule has 0 saturated carbocycles. The number of hydrogen-bond donors (Lipinski definition) is 0. The fourth-order valence-corrected chi connectivity index (χ4v) is 7.16. The average molecular weight is 703 g/mol. The van der Waals surface area contributed by atoms with E-state index < -0.39 is 5.41 Å². The summed E-state index contributed by atoms with van der Waals surface area (Å²) in [5, 5.41) is 0. The van der Waals surface area contributed by atoms with Gasteiger partial charge in [-0.05, 0) is 38.8 Å². The normalized spacial score (nSPS) is 20.6. The third-order valence-electron chi connectivity index (χ3n) is 9.32. The number of halogens is 2. The second-order valence-corrected chi connectivity index (χ2v) is 13.2. The zero-order valence-electron chi connectivity index (χ0n) is 28.5. The van der Waals surface area contributed by atoms with Gasteiger partial charge in [0.1, 0.15) is 0 Å². The number of ether oxygens (including phenoxy) is 4. The number of amides is 1. The van der Waals surface area contributed by atoms with E-state index >= 15 is 0 Å². The molecule has 0 N–H and O–H groups in total. The highest BCUT2D eigenvalue weighted by molar-refractivity contribution is 5.85. The lowest BCUT2D eigenvalue weighted by atomic mass is 9.81. The summed E-state index contributed by atoms with van der Waals surface area (Å²) < 4.78 is 23.2. The first-order valence-electron chi connectivity index (χ1n) is 16.5. The molecule has 2 aromatic carbocycles. The van der Waals surface area contributed by atoms with Crippen molar-refractivity contribution in [3.05, 3.63) is 77.4 Å². The molecular formula is C36H49Cl2N5O5. The van der Waals surface area contributed by atoms with Crippen molar-refractivity contribution < 1.29 is 23.7 Å². The smallest absolute Gasteiger partial charge is 0.323 e. The number of carbonyl (C=O) groups excluding carboxylic acids is 1. The predicted octanol–water partition coefficient (Wildman–Crippen LogP) is 5.08. The number of aromatic nitrogens is 2. The van der Waals surface area contributed by atoms with Crippen LogP contribution in [0.2, 0.25) is 0 Å². The summed E-state index contributed by atoms with van der Waals surface area (Å²) in [6, 6.07) is 22.1. The topological polar surface area (TPSA) is 89.5 Å². The molecule has 2 atom stereocenters. The van der Waals surface area contributed by atoms with Crippen LogP contribution in [0.25, 0.3) is 0 Å². The van der Waals surface area contributed by atoms with E-state index in [-0.39, 0.29) is 60.8 Å². The molecular weight excluding hydrogens is 653 g/mol. The quantitative estimate of drug-likeness (QED) is 0.272. The van der Waals surface area contributed by atoms with Gasteiger partial charge in [0, 0.05) is 57.3 Å². The Morgan fingerprint density at radius 3 is 2.10 bits per heavy atom. The van der Waals surface area contributed by atoms with Crippen molar-refractivity contribution >= 4 is 30.7 Å². The molecule has 0 radical (unpaired) electrons. The number of hydrogen-bond acceptors (Lipinski definition) is 9. The van der Waals surface area contributed by atoms with E-state index in [1.54, 1.807) is 7.11 Å². The second kappa shape index (κ2) is 16.5. The maximum atomic E-state index is 13.7. The molecule has 1 aromatic heterocycles. The number of fused-ring (bicyclic) bond motifs is 1. The maximum Gasteiger partial charge on any atom is 0.323 e. The summed E-state index contributed by atoms with van der Waals surface area (Å²) in [4.78, 5) is 30.1. The van der Waals surface area contributed by atoms with Gasteiger partial charge in [0.25, 0.3) is 0 Å². The van der Waals surface area contributed by atoms with Gasteiger partial charge in [0.05, 0.1) is 44.0 Å². The molecule has 48 heavy (non-hydrogen) atoms. The third-order valence-corrected chi connectivity index (χ3v) is 9.32. The molecule has 4 heterocycles. The summed E-state index contributed by atoms with van der Waals surface area (Å²) in [7, 11) is 1.62. The fourth-order valence-electron chi connectivity index (χ4n) is 7.16. The minimum Gasteiger partial charge on any atom is -0.481 e. The van der Waals surface area contributed by atoms with E-state index in [1.165, 1.54) is 11.1 Å². The van der Waals surface area contributed by atoms with Gasteiger partial charge in [0.15, 0.2) is 0 Å². The summed E-state index contributed by atoms with van der Waals surface area (Å²) in [5.74, 6) is 1.26. The first-order valence-corrected chi connectivity index (χ1v) is 16.5. The Labute approximate surface area is 296 Å². The number of piperazine rings is 2. The summed E-state index contributed by atoms with van der Waals surface area (Å²) in [5.41, 5.74) is 2.93. The van der Waals surface area contributed by atoms with Crippen molar-refractivity contribution in [3.63, 3.8) is 0 Å². The van der Waals surface area contributed by atoms with Gasteiger partial charge in [0.2, 0.25) is 17.7 Å². The lowest BCUT2D eigenvalue weighted by Gasteiger charge is -2.54. The molecule has 3 aliphatic heterocycles. The summed E-state index contributed by atoms with van der Waals surface area (Å²) in [6.45, 7) is 13.6. The van der Waals surface area contributed by atoms with Crippen LogP contribution in [0.4, 0.5) is 0 Å². The van der Waals surface area contributed by atoms with Crippen molar-refractivity contribution in [2.45, 2.75) is 58.3 Å². The van der Waals surface area contributed by atoms with Crippen LogP contribution < -0.4 is 14.2 Å². The fraction of sp³-hybridized carbons (Fsp3) is 0.528. The van der Waals surface area contributed by atoms with Gasteiger partial charge < -0.3 is 23.8 Å². The van der Waals surface area contributed by atoms with Crippen LogP contribution in [0.5, 0.6) is 17.8 Å². The molecule has 12 heteroatoms. The van der Waals surface area contributed by atoms with Crippen molar-refractivity contribution in [2.24, 2.45) is 5.41 Å². The Bertz CT molecular complexity index is 1440. The van der Waals surface area contributed by atoms with E-state index in [0.717, 1.165) is 25.2 Å². The SMILES string of the molecule is CCOc1nc(OC)c(CN2C[C@@H]3CN(C(=O)C4(C)COC4)CCN3[C@H](C(c3ccccc3)c3ccccc3)C2)c(OC(C)C)n1.Cl.Cl. The number of rotatable bonds is 11. The first kappa shape index (κ1) is 37.7. The second-order valence-electron chi connectivity index (χ2n) is 13.2. The number of methoxy groups -OCH3 is 1. The Morgan fingerprint density at radius 2 is 1.56 bits per heavy atom. The highest BCUT2D eigenvalue weighted by Gasteiger charge is 2.48. The summed E-state index contributed by atoms with van der Waals surface area (Å²) >= 11 is 0. The van der Waals surface area contributed by atoms with E-state index in [4.69, 9.17) is 18.9 Å². The Kier molecular flexibility index (Phi) is 12.9. The standard InChI is InChI=1S/C36H47N5O5.2ClH/c1-6-45-35-37-32(43-5)29(33(38-35)46-25(2)3)21-39-19-28-20-40(34(42)36(4)23-44-24-36)17-18-41(28)30(22-39)31(26-13-9-7-10-14-26)27-15-11-8-12-16-27;;/h7-16,25,28,30-31H,6,17-24H2,1-5H3;2*1H/t28-,30+;;/m1../s1. The molecule has 3 aromatic rings. The van der Waals surface area contributed by atoms with Crippen LogP contribution in [0.1, 0.15) is 50.3 Å². The number of benzene rings is 2. The minimum absolute atomic E-state index is 0. The molecule has 0 spiro atoms. The van der Waals surface area contributed by atoms with Gasteiger partial charge in [-0.3, -0.25) is 14.6 Å². The molecule has 3 aliphatic rings.